The normalized spacial score (nSPS) is 19.8. The number of ketones is 1. The number of ether oxygens (including phenoxy) is 2. The second-order valence-corrected chi connectivity index (χ2v) is 9.27. The minimum Gasteiger partial charge on any atom is -0.444 e. The monoisotopic (exact) mass is 448 g/mol. The SMILES string of the molecule is COCCNC(=O)Cn1cc(C2C(C#N)=C(N)OC3=C2C(=O)CC(C)(C)C3)c2ccccc21. The van der Waals surface area contributed by atoms with E-state index in [1.807, 2.05) is 48.9 Å². The second-order valence-electron chi connectivity index (χ2n) is 9.27. The number of nitrogens with one attached hydrogen (secondary N) is 1. The van der Waals surface area contributed by atoms with Crippen molar-refractivity contribution in [1.29, 1.82) is 5.26 Å². The van der Waals surface area contributed by atoms with Gasteiger partial charge in [-0.2, -0.15) is 5.26 Å². The van der Waals surface area contributed by atoms with Gasteiger partial charge in [0.15, 0.2) is 5.78 Å². The average molecular weight is 449 g/mol. The number of para-hydroxylation sites is 1. The molecule has 1 aromatic carbocycles. The van der Waals surface area contributed by atoms with Crippen molar-refractivity contribution in [2.45, 2.75) is 39.2 Å². The van der Waals surface area contributed by atoms with E-state index < -0.39 is 5.92 Å². The largest absolute Gasteiger partial charge is 0.444 e. The zero-order valence-corrected chi connectivity index (χ0v) is 19.1. The Morgan fingerprint density at radius 2 is 2.12 bits per heavy atom. The first-order valence-corrected chi connectivity index (χ1v) is 10.9. The first kappa shape index (κ1) is 22.6. The van der Waals surface area contributed by atoms with Crippen LogP contribution in [0.15, 0.2) is 53.3 Å². The number of benzene rings is 1. The molecule has 0 saturated carbocycles. The van der Waals surface area contributed by atoms with Gasteiger partial charge in [-0.3, -0.25) is 9.59 Å². The summed E-state index contributed by atoms with van der Waals surface area (Å²) in [6.07, 6.45) is 2.77. The zero-order valence-electron chi connectivity index (χ0n) is 19.1. The number of methoxy groups -OCH3 is 1. The van der Waals surface area contributed by atoms with Crippen molar-refractivity contribution in [3.05, 3.63) is 58.8 Å². The van der Waals surface area contributed by atoms with Crippen molar-refractivity contribution in [1.82, 2.24) is 9.88 Å². The summed E-state index contributed by atoms with van der Waals surface area (Å²) < 4.78 is 12.6. The van der Waals surface area contributed by atoms with Crippen LogP contribution in [0.3, 0.4) is 0 Å². The number of aromatic nitrogens is 1. The van der Waals surface area contributed by atoms with E-state index in [1.165, 1.54) is 0 Å². The van der Waals surface area contributed by atoms with Crippen LogP contribution < -0.4 is 11.1 Å². The predicted molar refractivity (Wildman–Crippen MR) is 123 cm³/mol. The van der Waals surface area contributed by atoms with Gasteiger partial charge in [-0.25, -0.2) is 0 Å². The van der Waals surface area contributed by atoms with Gasteiger partial charge >= 0.3 is 0 Å². The minimum absolute atomic E-state index is 0.0286. The van der Waals surface area contributed by atoms with Crippen LogP contribution in [-0.4, -0.2) is 36.5 Å². The summed E-state index contributed by atoms with van der Waals surface area (Å²) in [6.45, 7) is 4.97. The number of hydrogen-bond acceptors (Lipinski definition) is 6. The second kappa shape index (κ2) is 8.75. The molecule has 1 aliphatic carbocycles. The Morgan fingerprint density at radius 1 is 1.36 bits per heavy atom. The molecule has 8 nitrogen and oxygen atoms in total. The Bertz CT molecular complexity index is 1230. The van der Waals surface area contributed by atoms with Gasteiger partial charge in [0, 0.05) is 49.2 Å². The maximum absolute atomic E-state index is 13.3. The van der Waals surface area contributed by atoms with Crippen molar-refractivity contribution in [3.63, 3.8) is 0 Å². The summed E-state index contributed by atoms with van der Waals surface area (Å²) in [7, 11) is 1.58. The van der Waals surface area contributed by atoms with Crippen LogP contribution >= 0.6 is 0 Å². The van der Waals surface area contributed by atoms with E-state index in [0.29, 0.717) is 37.3 Å². The number of Topliss-reactive ketones (excluding diaryl/α,β-unsaturated/α-hetero) is 1. The molecule has 3 N–H and O–H groups in total. The summed E-state index contributed by atoms with van der Waals surface area (Å²) in [4.78, 5) is 25.8. The molecule has 1 atom stereocenters. The van der Waals surface area contributed by atoms with Gasteiger partial charge in [0.05, 0.1) is 12.5 Å². The molecule has 4 rings (SSSR count). The van der Waals surface area contributed by atoms with Crippen molar-refractivity contribution in [3.8, 4) is 6.07 Å². The molecule has 0 spiro atoms. The standard InChI is InChI=1S/C25H28N4O4/c1-25(2)10-19(30)23-20(11-25)33-24(27)16(12-26)22(23)17-13-29(14-21(31)28-8-9-32-3)18-7-5-4-6-15(17)18/h4-7,13,22H,8-11,14,27H2,1-3H3,(H,28,31). The van der Waals surface area contributed by atoms with Crippen molar-refractivity contribution in [2.75, 3.05) is 20.3 Å². The number of rotatable bonds is 6. The number of amides is 1. The fourth-order valence-electron chi connectivity index (χ4n) is 4.73. The number of nitrogens with two attached hydrogens (primary N) is 1. The third-order valence-corrected chi connectivity index (χ3v) is 6.15. The summed E-state index contributed by atoms with van der Waals surface area (Å²) in [5, 5.41) is 13.6. The highest BCUT2D eigenvalue weighted by molar-refractivity contribution is 6.01. The van der Waals surface area contributed by atoms with Crippen molar-refractivity contribution >= 4 is 22.6 Å². The highest BCUT2D eigenvalue weighted by Crippen LogP contribution is 2.49. The van der Waals surface area contributed by atoms with Crippen LogP contribution in [0.25, 0.3) is 10.9 Å². The lowest BCUT2D eigenvalue weighted by atomic mass is 9.70. The quantitative estimate of drug-likeness (QED) is 0.656. The third kappa shape index (κ3) is 4.24. The molecule has 2 heterocycles. The van der Waals surface area contributed by atoms with Crippen LogP contribution in [0.2, 0.25) is 0 Å². The van der Waals surface area contributed by atoms with Gasteiger partial charge in [-0.1, -0.05) is 32.0 Å². The van der Waals surface area contributed by atoms with E-state index in [2.05, 4.69) is 11.4 Å². The molecule has 2 aromatic rings. The van der Waals surface area contributed by atoms with E-state index in [0.717, 1.165) is 16.5 Å². The first-order valence-electron chi connectivity index (χ1n) is 10.9. The summed E-state index contributed by atoms with van der Waals surface area (Å²) in [5.74, 6) is -0.268. The number of hydrogen-bond donors (Lipinski definition) is 2. The number of carbonyl (C=O) groups excluding carboxylic acids is 2. The molecular weight excluding hydrogens is 420 g/mol. The van der Waals surface area contributed by atoms with Gasteiger partial charge in [-0.05, 0) is 17.0 Å². The van der Waals surface area contributed by atoms with Crippen LogP contribution in [0.4, 0.5) is 0 Å². The molecule has 33 heavy (non-hydrogen) atoms. The molecule has 1 unspecified atom stereocenters. The summed E-state index contributed by atoms with van der Waals surface area (Å²) in [5.41, 5.74) is 8.22. The molecule has 0 radical (unpaired) electrons. The molecule has 0 bridgehead atoms. The first-order chi connectivity index (χ1) is 15.8. The Hall–Kier alpha value is -3.57. The molecule has 1 aromatic heterocycles. The number of carbonyl (C=O) groups is 2. The maximum atomic E-state index is 13.3. The highest BCUT2D eigenvalue weighted by Gasteiger charge is 2.43. The summed E-state index contributed by atoms with van der Waals surface area (Å²) >= 11 is 0. The van der Waals surface area contributed by atoms with Gasteiger partial charge in [0.2, 0.25) is 11.8 Å². The maximum Gasteiger partial charge on any atom is 0.240 e. The molecule has 172 valence electrons. The average Bonchev–Trinajstić information content (AvgIpc) is 3.10. The number of nitrogens with zero attached hydrogens (tertiary/aromatic N) is 2. The third-order valence-electron chi connectivity index (χ3n) is 6.15. The van der Waals surface area contributed by atoms with E-state index in [1.54, 1.807) is 7.11 Å². The fourth-order valence-corrected chi connectivity index (χ4v) is 4.73. The van der Waals surface area contributed by atoms with E-state index in [9.17, 15) is 14.9 Å². The topological polar surface area (TPSA) is 119 Å². The summed E-state index contributed by atoms with van der Waals surface area (Å²) in [6, 6.07) is 9.81. The van der Waals surface area contributed by atoms with Crippen LogP contribution in [0.1, 0.15) is 38.2 Å². The molecular formula is C25H28N4O4. The van der Waals surface area contributed by atoms with Crippen molar-refractivity contribution in [2.24, 2.45) is 11.1 Å². The molecule has 0 fully saturated rings. The highest BCUT2D eigenvalue weighted by atomic mass is 16.5. The smallest absolute Gasteiger partial charge is 0.240 e. The van der Waals surface area contributed by atoms with Crippen LogP contribution in [0, 0.1) is 16.7 Å². The lowest BCUT2D eigenvalue weighted by Crippen LogP contribution is -2.33. The molecule has 8 heteroatoms. The minimum atomic E-state index is -0.634. The Balaban J connectivity index is 1.82. The Morgan fingerprint density at radius 3 is 2.85 bits per heavy atom. The molecule has 1 aliphatic heterocycles. The predicted octanol–water partition coefficient (Wildman–Crippen LogP) is 2.85. The van der Waals surface area contributed by atoms with E-state index >= 15 is 0 Å². The van der Waals surface area contributed by atoms with Gasteiger partial charge in [-0.15, -0.1) is 0 Å². The van der Waals surface area contributed by atoms with Crippen molar-refractivity contribution < 1.29 is 19.1 Å². The van der Waals surface area contributed by atoms with Gasteiger partial charge in [0.25, 0.3) is 0 Å². The Labute approximate surface area is 192 Å². The Kier molecular flexibility index (Phi) is 6.00. The number of nitriles is 1. The molecule has 0 saturated heterocycles. The lowest BCUT2D eigenvalue weighted by molar-refractivity contribution is -0.122. The number of fused-ring (bicyclic) bond motifs is 1. The van der Waals surface area contributed by atoms with Crippen LogP contribution in [-0.2, 0) is 25.6 Å². The lowest BCUT2D eigenvalue weighted by Gasteiger charge is -2.37. The zero-order chi connectivity index (χ0) is 23.8. The molecule has 2 aliphatic rings. The fraction of sp³-hybridized carbons (Fsp3) is 0.400. The van der Waals surface area contributed by atoms with E-state index in [4.69, 9.17) is 15.2 Å². The van der Waals surface area contributed by atoms with Gasteiger partial charge in [0.1, 0.15) is 23.9 Å². The van der Waals surface area contributed by atoms with Crippen LogP contribution in [0.5, 0.6) is 0 Å². The molecule has 1 amide bonds. The number of allylic oxidation sites excluding steroid dienone is 3. The van der Waals surface area contributed by atoms with E-state index in [-0.39, 0.29) is 35.1 Å². The van der Waals surface area contributed by atoms with Gasteiger partial charge < -0.3 is 25.1 Å².